The Balaban J connectivity index is 1.89. The third-order valence-electron chi connectivity index (χ3n) is 3.03. The molecular formula is C17H10Br2FNS. The molecule has 0 aliphatic carbocycles. The smallest absolute Gasteiger partial charge is 0.123 e. The van der Waals surface area contributed by atoms with Crippen molar-refractivity contribution in [1.29, 1.82) is 0 Å². The third-order valence-corrected chi connectivity index (χ3v) is 5.42. The van der Waals surface area contributed by atoms with Crippen LogP contribution >= 0.6 is 43.2 Å². The number of benzene rings is 2. The molecule has 0 atom stereocenters. The van der Waals surface area contributed by atoms with Crippen LogP contribution in [0.2, 0.25) is 0 Å². The lowest BCUT2D eigenvalue weighted by Gasteiger charge is -1.97. The SMILES string of the molecule is Fc1ccc(-c2nc(C=Cc3ccccc3Br)sc2Br)cc1. The van der Waals surface area contributed by atoms with Crippen LogP contribution in [-0.4, -0.2) is 4.98 Å². The summed E-state index contributed by atoms with van der Waals surface area (Å²) in [6, 6.07) is 14.4. The number of hydrogen-bond donors (Lipinski definition) is 0. The fourth-order valence-corrected chi connectivity index (χ4v) is 3.89. The van der Waals surface area contributed by atoms with Crippen LogP contribution in [0.4, 0.5) is 4.39 Å². The standard InChI is InChI=1S/C17H10Br2FNS/c18-14-4-2-1-3-11(14)7-10-15-21-16(17(19)22-15)12-5-8-13(20)9-6-12/h1-10H. The Morgan fingerprint density at radius 3 is 2.41 bits per heavy atom. The highest BCUT2D eigenvalue weighted by atomic mass is 79.9. The lowest BCUT2D eigenvalue weighted by atomic mass is 10.2. The van der Waals surface area contributed by atoms with Gasteiger partial charge in [-0.25, -0.2) is 9.37 Å². The second kappa shape index (κ2) is 6.86. The molecule has 0 unspecified atom stereocenters. The first-order valence-electron chi connectivity index (χ1n) is 6.48. The molecule has 0 saturated carbocycles. The summed E-state index contributed by atoms with van der Waals surface area (Å²) < 4.78 is 15.0. The highest BCUT2D eigenvalue weighted by Gasteiger charge is 2.09. The predicted molar refractivity (Wildman–Crippen MR) is 98.3 cm³/mol. The van der Waals surface area contributed by atoms with Crippen molar-refractivity contribution in [3.05, 3.63) is 73.2 Å². The molecule has 3 rings (SSSR count). The molecule has 0 aliphatic heterocycles. The van der Waals surface area contributed by atoms with Gasteiger partial charge >= 0.3 is 0 Å². The van der Waals surface area contributed by atoms with E-state index in [9.17, 15) is 4.39 Å². The van der Waals surface area contributed by atoms with Crippen molar-refractivity contribution >= 4 is 55.3 Å². The highest BCUT2D eigenvalue weighted by molar-refractivity contribution is 9.11. The Morgan fingerprint density at radius 1 is 0.955 bits per heavy atom. The topological polar surface area (TPSA) is 12.9 Å². The summed E-state index contributed by atoms with van der Waals surface area (Å²) in [4.78, 5) is 4.60. The van der Waals surface area contributed by atoms with Crippen LogP contribution < -0.4 is 0 Å². The summed E-state index contributed by atoms with van der Waals surface area (Å²) >= 11 is 8.60. The molecule has 0 saturated heterocycles. The fourth-order valence-electron chi connectivity index (χ4n) is 1.95. The number of nitrogens with zero attached hydrogens (tertiary/aromatic N) is 1. The zero-order valence-corrected chi connectivity index (χ0v) is 15.3. The van der Waals surface area contributed by atoms with E-state index >= 15 is 0 Å². The first-order valence-corrected chi connectivity index (χ1v) is 8.88. The molecule has 5 heteroatoms. The molecule has 0 bridgehead atoms. The first-order chi connectivity index (χ1) is 10.6. The summed E-state index contributed by atoms with van der Waals surface area (Å²) in [7, 11) is 0. The van der Waals surface area contributed by atoms with Gasteiger partial charge in [-0.1, -0.05) is 40.2 Å². The van der Waals surface area contributed by atoms with E-state index in [2.05, 4.69) is 36.8 Å². The summed E-state index contributed by atoms with van der Waals surface area (Å²) in [5, 5.41) is 0.891. The fraction of sp³-hybridized carbons (Fsp3) is 0. The van der Waals surface area contributed by atoms with Crippen LogP contribution in [0.5, 0.6) is 0 Å². The molecule has 0 aliphatic rings. The number of rotatable bonds is 3. The maximum Gasteiger partial charge on any atom is 0.123 e. The van der Waals surface area contributed by atoms with E-state index in [1.807, 2.05) is 36.4 Å². The molecule has 1 heterocycles. The Labute approximate surface area is 148 Å². The molecule has 0 fully saturated rings. The molecule has 0 radical (unpaired) electrons. The molecule has 110 valence electrons. The average molecular weight is 439 g/mol. The third kappa shape index (κ3) is 3.54. The van der Waals surface area contributed by atoms with Gasteiger partial charge in [-0.3, -0.25) is 0 Å². The van der Waals surface area contributed by atoms with Crippen molar-refractivity contribution in [2.24, 2.45) is 0 Å². The summed E-state index contributed by atoms with van der Waals surface area (Å²) in [5.74, 6) is -0.246. The van der Waals surface area contributed by atoms with E-state index in [4.69, 9.17) is 0 Å². The van der Waals surface area contributed by atoms with Gasteiger partial charge in [-0.15, -0.1) is 11.3 Å². The van der Waals surface area contributed by atoms with Crippen molar-refractivity contribution in [3.8, 4) is 11.3 Å². The van der Waals surface area contributed by atoms with Crippen molar-refractivity contribution in [2.45, 2.75) is 0 Å². The van der Waals surface area contributed by atoms with Gasteiger partial charge in [0.25, 0.3) is 0 Å². The van der Waals surface area contributed by atoms with Gasteiger partial charge in [0, 0.05) is 10.0 Å². The summed E-state index contributed by atoms with van der Waals surface area (Å²) in [6.45, 7) is 0. The van der Waals surface area contributed by atoms with E-state index < -0.39 is 0 Å². The summed E-state index contributed by atoms with van der Waals surface area (Å²) in [6.07, 6.45) is 3.99. The van der Waals surface area contributed by atoms with E-state index in [0.29, 0.717) is 0 Å². The Kier molecular flexibility index (Phi) is 4.86. The number of aromatic nitrogens is 1. The Morgan fingerprint density at radius 2 is 1.68 bits per heavy atom. The Hall–Kier alpha value is -1.30. The maximum absolute atomic E-state index is 13.0. The number of hydrogen-bond acceptors (Lipinski definition) is 2. The monoisotopic (exact) mass is 437 g/mol. The lowest BCUT2D eigenvalue weighted by Crippen LogP contribution is -1.80. The average Bonchev–Trinajstić information content (AvgIpc) is 2.88. The zero-order valence-electron chi connectivity index (χ0n) is 11.3. The molecule has 0 N–H and O–H groups in total. The zero-order chi connectivity index (χ0) is 15.5. The molecular weight excluding hydrogens is 429 g/mol. The summed E-state index contributed by atoms with van der Waals surface area (Å²) in [5.41, 5.74) is 2.82. The molecule has 3 aromatic rings. The largest absolute Gasteiger partial charge is 0.235 e. The molecule has 0 spiro atoms. The van der Waals surface area contributed by atoms with E-state index in [-0.39, 0.29) is 5.82 Å². The lowest BCUT2D eigenvalue weighted by molar-refractivity contribution is 0.628. The molecule has 0 amide bonds. The van der Waals surface area contributed by atoms with Crippen LogP contribution in [0, 0.1) is 5.82 Å². The van der Waals surface area contributed by atoms with Crippen LogP contribution in [0.15, 0.2) is 56.8 Å². The predicted octanol–water partition coefficient (Wildman–Crippen LogP) is 6.64. The molecule has 2 aromatic carbocycles. The van der Waals surface area contributed by atoms with E-state index in [1.54, 1.807) is 23.5 Å². The van der Waals surface area contributed by atoms with Gasteiger partial charge < -0.3 is 0 Å². The minimum Gasteiger partial charge on any atom is -0.235 e. The van der Waals surface area contributed by atoms with E-state index in [0.717, 1.165) is 30.1 Å². The van der Waals surface area contributed by atoms with Crippen molar-refractivity contribution in [2.75, 3.05) is 0 Å². The second-order valence-electron chi connectivity index (χ2n) is 4.54. The van der Waals surface area contributed by atoms with Gasteiger partial charge in [0.1, 0.15) is 10.8 Å². The van der Waals surface area contributed by atoms with Crippen LogP contribution in [0.3, 0.4) is 0 Å². The van der Waals surface area contributed by atoms with Crippen molar-refractivity contribution in [3.63, 3.8) is 0 Å². The van der Waals surface area contributed by atoms with Crippen molar-refractivity contribution < 1.29 is 4.39 Å². The molecule has 1 aromatic heterocycles. The normalized spacial score (nSPS) is 11.2. The van der Waals surface area contributed by atoms with Gasteiger partial charge in [-0.2, -0.15) is 0 Å². The Bertz CT molecular complexity index is 825. The van der Waals surface area contributed by atoms with Crippen LogP contribution in [0.25, 0.3) is 23.4 Å². The highest BCUT2D eigenvalue weighted by Crippen LogP contribution is 2.34. The molecule has 22 heavy (non-hydrogen) atoms. The van der Waals surface area contributed by atoms with Gasteiger partial charge in [0.05, 0.1) is 9.48 Å². The van der Waals surface area contributed by atoms with E-state index in [1.165, 1.54) is 12.1 Å². The quantitative estimate of drug-likeness (QED) is 0.446. The number of thiazole rings is 1. The molecule has 1 nitrogen and oxygen atoms in total. The number of halogens is 3. The van der Waals surface area contributed by atoms with Crippen LogP contribution in [0.1, 0.15) is 10.6 Å². The van der Waals surface area contributed by atoms with Gasteiger partial charge in [0.15, 0.2) is 0 Å². The van der Waals surface area contributed by atoms with Crippen molar-refractivity contribution in [1.82, 2.24) is 4.98 Å². The minimum atomic E-state index is -0.246. The van der Waals surface area contributed by atoms with Gasteiger partial charge in [-0.05, 0) is 57.9 Å². The minimum absolute atomic E-state index is 0.246. The first kappa shape index (κ1) is 15.6. The van der Waals surface area contributed by atoms with Gasteiger partial charge in [0.2, 0.25) is 0 Å². The maximum atomic E-state index is 13.0. The second-order valence-corrected chi connectivity index (χ2v) is 7.74. The van der Waals surface area contributed by atoms with Crippen LogP contribution in [-0.2, 0) is 0 Å².